The van der Waals surface area contributed by atoms with E-state index in [0.717, 1.165) is 39.0 Å². The first kappa shape index (κ1) is 29.5. The third-order valence-electron chi connectivity index (χ3n) is 10.3. The van der Waals surface area contributed by atoms with Gasteiger partial charge < -0.3 is 9.32 Å². The fourth-order valence-corrected chi connectivity index (χ4v) is 10.3. The number of fused-ring (bicyclic) bond motifs is 9. The summed E-state index contributed by atoms with van der Waals surface area (Å²) < 4.78 is 11.8. The first-order valence-corrected chi connectivity index (χ1v) is 19.1. The zero-order chi connectivity index (χ0) is 34.2. The van der Waals surface area contributed by atoms with Crippen molar-refractivity contribution in [2.75, 3.05) is 4.90 Å². The zero-order valence-corrected chi connectivity index (χ0v) is 29.5. The van der Waals surface area contributed by atoms with Gasteiger partial charge in [0.05, 0.1) is 16.1 Å². The summed E-state index contributed by atoms with van der Waals surface area (Å²) in [6, 6.07) is 63.6. The van der Waals surface area contributed by atoms with Gasteiger partial charge in [-0.25, -0.2) is 0 Å². The maximum Gasteiger partial charge on any atom is 0.159 e. The molecule has 4 heteroatoms. The molecule has 0 saturated heterocycles. The molecule has 0 bridgehead atoms. The number of thiophene rings is 2. The molecule has 0 atom stereocenters. The molecule has 0 aliphatic rings. The van der Waals surface area contributed by atoms with Crippen LogP contribution < -0.4 is 4.90 Å². The van der Waals surface area contributed by atoms with Gasteiger partial charge in [0.25, 0.3) is 0 Å². The van der Waals surface area contributed by atoms with Gasteiger partial charge in [0.15, 0.2) is 5.58 Å². The van der Waals surface area contributed by atoms with Crippen molar-refractivity contribution in [2.24, 2.45) is 0 Å². The van der Waals surface area contributed by atoms with Gasteiger partial charge >= 0.3 is 0 Å². The van der Waals surface area contributed by atoms with E-state index in [9.17, 15) is 0 Å². The Morgan fingerprint density at radius 2 is 1.02 bits per heavy atom. The highest BCUT2D eigenvalue weighted by atomic mass is 32.1. The summed E-state index contributed by atoms with van der Waals surface area (Å²) in [6.07, 6.45) is 0. The molecule has 0 aliphatic carbocycles. The highest BCUT2D eigenvalue weighted by Crippen LogP contribution is 2.50. The molecule has 11 aromatic rings. The molecule has 52 heavy (non-hydrogen) atoms. The van der Waals surface area contributed by atoms with Crippen molar-refractivity contribution >= 4 is 102 Å². The maximum absolute atomic E-state index is 6.73. The van der Waals surface area contributed by atoms with Crippen molar-refractivity contribution in [1.29, 1.82) is 0 Å². The summed E-state index contributed by atoms with van der Waals surface area (Å²) in [7, 11) is 0. The standard InChI is InChI=1S/C48H29NOS2/c1-3-12-30(13-4-1)32-24-26-44-39(28-32)40-29-33(25-27-45(40)51-44)49(41-21-10-18-36-35-16-7-8-23-43(35)50-46(36)41)42-22-11-20-38-37-19-9-17-34(47(37)52-48(38)42)31-14-5-2-6-15-31/h1-29H. The highest BCUT2D eigenvalue weighted by Gasteiger charge is 2.23. The lowest BCUT2D eigenvalue weighted by Gasteiger charge is -2.26. The lowest BCUT2D eigenvalue weighted by Crippen LogP contribution is -2.10. The van der Waals surface area contributed by atoms with Crippen molar-refractivity contribution in [3.05, 3.63) is 176 Å². The van der Waals surface area contributed by atoms with Gasteiger partial charge in [0, 0.05) is 52.1 Å². The van der Waals surface area contributed by atoms with Gasteiger partial charge in [-0.2, -0.15) is 0 Å². The molecule has 8 aromatic carbocycles. The summed E-state index contributed by atoms with van der Waals surface area (Å²) in [4.78, 5) is 2.43. The molecule has 0 unspecified atom stereocenters. The van der Waals surface area contributed by atoms with Gasteiger partial charge in [-0.3, -0.25) is 0 Å². The third-order valence-corrected chi connectivity index (χ3v) is 12.7. The Balaban J connectivity index is 1.20. The second-order valence-electron chi connectivity index (χ2n) is 13.3. The molecule has 0 amide bonds. The van der Waals surface area contributed by atoms with Crippen molar-refractivity contribution in [3.63, 3.8) is 0 Å². The molecule has 3 heterocycles. The monoisotopic (exact) mass is 699 g/mol. The van der Waals surface area contributed by atoms with E-state index in [1.807, 2.05) is 28.7 Å². The molecule has 0 N–H and O–H groups in total. The number of hydrogen-bond donors (Lipinski definition) is 0. The Bertz CT molecular complexity index is 3130. The smallest absolute Gasteiger partial charge is 0.159 e. The minimum absolute atomic E-state index is 0.883. The Kier molecular flexibility index (Phi) is 6.63. The molecule has 244 valence electrons. The number of rotatable bonds is 5. The number of nitrogens with zero attached hydrogens (tertiary/aromatic N) is 1. The Morgan fingerprint density at radius 1 is 0.385 bits per heavy atom. The lowest BCUT2D eigenvalue weighted by molar-refractivity contribution is 0.669. The van der Waals surface area contributed by atoms with Crippen LogP contribution in [-0.2, 0) is 0 Å². The van der Waals surface area contributed by atoms with Crippen LogP contribution in [0.4, 0.5) is 17.1 Å². The average Bonchev–Trinajstić information content (AvgIpc) is 3.90. The van der Waals surface area contributed by atoms with Crippen LogP contribution in [0.1, 0.15) is 0 Å². The average molecular weight is 700 g/mol. The summed E-state index contributed by atoms with van der Waals surface area (Å²) in [5, 5.41) is 7.30. The maximum atomic E-state index is 6.73. The van der Waals surface area contributed by atoms with E-state index in [4.69, 9.17) is 4.42 Å². The quantitative estimate of drug-likeness (QED) is 0.178. The van der Waals surface area contributed by atoms with Crippen LogP contribution in [0.25, 0.3) is 84.5 Å². The van der Waals surface area contributed by atoms with E-state index >= 15 is 0 Å². The minimum Gasteiger partial charge on any atom is -0.454 e. The second-order valence-corrected chi connectivity index (χ2v) is 15.4. The summed E-state index contributed by atoms with van der Waals surface area (Å²) in [5.41, 5.74) is 9.97. The number of anilines is 3. The van der Waals surface area contributed by atoms with E-state index < -0.39 is 0 Å². The van der Waals surface area contributed by atoms with Gasteiger partial charge in [-0.1, -0.05) is 127 Å². The lowest BCUT2D eigenvalue weighted by atomic mass is 10.0. The van der Waals surface area contributed by atoms with Gasteiger partial charge in [-0.05, 0) is 70.8 Å². The first-order chi connectivity index (χ1) is 25.8. The number of para-hydroxylation sites is 2. The van der Waals surface area contributed by atoms with Crippen molar-refractivity contribution in [1.82, 2.24) is 0 Å². The molecule has 11 rings (SSSR count). The predicted octanol–water partition coefficient (Wildman–Crippen LogP) is 15.1. The van der Waals surface area contributed by atoms with Crippen molar-refractivity contribution < 1.29 is 4.42 Å². The predicted molar refractivity (Wildman–Crippen MR) is 225 cm³/mol. The number of hydrogen-bond acceptors (Lipinski definition) is 4. The summed E-state index contributed by atoms with van der Waals surface area (Å²) in [5.74, 6) is 0. The molecule has 0 saturated carbocycles. The fourth-order valence-electron chi connectivity index (χ4n) is 7.86. The second kappa shape index (κ2) is 11.7. The fraction of sp³-hybridized carbons (Fsp3) is 0. The van der Waals surface area contributed by atoms with E-state index in [2.05, 4.69) is 175 Å². The first-order valence-electron chi connectivity index (χ1n) is 17.5. The van der Waals surface area contributed by atoms with E-state index in [-0.39, 0.29) is 0 Å². The van der Waals surface area contributed by atoms with E-state index in [1.165, 1.54) is 62.6 Å². The third kappa shape index (κ3) is 4.55. The van der Waals surface area contributed by atoms with Crippen LogP contribution in [0.3, 0.4) is 0 Å². The molecule has 0 fully saturated rings. The molecule has 2 nitrogen and oxygen atoms in total. The zero-order valence-electron chi connectivity index (χ0n) is 27.9. The summed E-state index contributed by atoms with van der Waals surface area (Å²) >= 11 is 3.73. The van der Waals surface area contributed by atoms with Gasteiger partial charge in [0.2, 0.25) is 0 Å². The Hall–Kier alpha value is -6.20. The molecule has 3 aromatic heterocycles. The van der Waals surface area contributed by atoms with Gasteiger partial charge in [-0.15, -0.1) is 22.7 Å². The van der Waals surface area contributed by atoms with Gasteiger partial charge in [0.1, 0.15) is 5.58 Å². The van der Waals surface area contributed by atoms with Crippen LogP contribution >= 0.6 is 22.7 Å². The van der Waals surface area contributed by atoms with Crippen LogP contribution in [0.15, 0.2) is 180 Å². The van der Waals surface area contributed by atoms with Crippen LogP contribution in [-0.4, -0.2) is 0 Å². The SMILES string of the molecule is c1ccc(-c2ccc3sc4ccc(N(c5cccc6c5oc5ccccc56)c5cccc6c5sc5c(-c7ccccc7)cccc56)cc4c3c2)cc1. The Labute approximate surface area is 308 Å². The largest absolute Gasteiger partial charge is 0.454 e. The molecule has 0 radical (unpaired) electrons. The highest BCUT2D eigenvalue weighted by molar-refractivity contribution is 7.27. The minimum atomic E-state index is 0.883. The molecular formula is C48H29NOS2. The number of benzene rings is 8. The topological polar surface area (TPSA) is 16.4 Å². The molecule has 0 aliphatic heterocycles. The number of furan rings is 1. The molecular weight excluding hydrogens is 671 g/mol. The Morgan fingerprint density at radius 3 is 1.85 bits per heavy atom. The van der Waals surface area contributed by atoms with Crippen LogP contribution in [0.2, 0.25) is 0 Å². The summed E-state index contributed by atoms with van der Waals surface area (Å²) in [6.45, 7) is 0. The van der Waals surface area contributed by atoms with Crippen molar-refractivity contribution in [2.45, 2.75) is 0 Å². The van der Waals surface area contributed by atoms with Crippen LogP contribution in [0.5, 0.6) is 0 Å². The van der Waals surface area contributed by atoms with E-state index in [1.54, 1.807) is 0 Å². The normalized spacial score (nSPS) is 11.8. The van der Waals surface area contributed by atoms with Crippen LogP contribution in [0, 0.1) is 0 Å². The van der Waals surface area contributed by atoms with Crippen molar-refractivity contribution in [3.8, 4) is 22.3 Å². The van der Waals surface area contributed by atoms with E-state index in [0.29, 0.717) is 0 Å². The molecule has 0 spiro atoms.